The molecular formula is C16H14BrNO2. The minimum Gasteiger partial charge on any atom is -0.267 e. The number of carbonyl (C=O) groups excluding carboxylic acids is 1. The molecule has 0 aromatic heterocycles. The van der Waals surface area contributed by atoms with Gasteiger partial charge in [0.05, 0.1) is 6.54 Å². The molecule has 0 bridgehead atoms. The first kappa shape index (κ1) is 13.3. The Balaban J connectivity index is 1.64. The number of nitrogens with zero attached hydrogens (tertiary/aromatic N) is 1. The fourth-order valence-electron chi connectivity index (χ4n) is 2.21. The highest BCUT2D eigenvalue weighted by atomic mass is 79.9. The predicted octanol–water partition coefficient (Wildman–Crippen LogP) is 3.67. The van der Waals surface area contributed by atoms with E-state index in [-0.39, 0.29) is 5.91 Å². The van der Waals surface area contributed by atoms with Gasteiger partial charge < -0.3 is 0 Å². The maximum atomic E-state index is 12.1. The molecule has 0 radical (unpaired) electrons. The summed E-state index contributed by atoms with van der Waals surface area (Å²) >= 11 is 3.42. The average molecular weight is 332 g/mol. The van der Waals surface area contributed by atoms with Gasteiger partial charge in [0.1, 0.15) is 6.61 Å². The lowest BCUT2D eigenvalue weighted by atomic mass is 10.1. The van der Waals surface area contributed by atoms with E-state index in [9.17, 15) is 4.79 Å². The van der Waals surface area contributed by atoms with E-state index < -0.39 is 0 Å². The van der Waals surface area contributed by atoms with Crippen molar-refractivity contribution < 1.29 is 9.63 Å². The molecule has 102 valence electrons. The van der Waals surface area contributed by atoms with Crippen LogP contribution in [-0.2, 0) is 23.3 Å². The summed E-state index contributed by atoms with van der Waals surface area (Å²) in [4.78, 5) is 17.7. The highest BCUT2D eigenvalue weighted by Gasteiger charge is 2.27. The number of hydrogen-bond donors (Lipinski definition) is 0. The molecule has 1 aliphatic heterocycles. The third-order valence-electron chi connectivity index (χ3n) is 3.35. The molecule has 2 aromatic rings. The Bertz CT molecular complexity index is 625. The predicted molar refractivity (Wildman–Crippen MR) is 80.2 cm³/mol. The minimum atomic E-state index is -0.0577. The third-order valence-corrected chi connectivity index (χ3v) is 4.00. The van der Waals surface area contributed by atoms with Gasteiger partial charge in [-0.3, -0.25) is 9.63 Å². The molecule has 0 fully saturated rings. The molecule has 1 aliphatic rings. The van der Waals surface area contributed by atoms with Crippen molar-refractivity contribution in [2.45, 2.75) is 18.5 Å². The van der Waals surface area contributed by atoms with Crippen LogP contribution in [0.1, 0.15) is 27.0 Å². The van der Waals surface area contributed by atoms with Crippen LogP contribution in [0.25, 0.3) is 0 Å². The number of alkyl halides is 1. The number of hydrogen-bond acceptors (Lipinski definition) is 2. The molecule has 0 saturated heterocycles. The van der Waals surface area contributed by atoms with Gasteiger partial charge in [0.2, 0.25) is 0 Å². The zero-order valence-corrected chi connectivity index (χ0v) is 12.5. The topological polar surface area (TPSA) is 29.5 Å². The van der Waals surface area contributed by atoms with E-state index in [1.54, 1.807) is 0 Å². The van der Waals surface area contributed by atoms with E-state index >= 15 is 0 Å². The fraction of sp³-hybridized carbons (Fsp3) is 0.188. The van der Waals surface area contributed by atoms with Gasteiger partial charge in [-0.1, -0.05) is 58.4 Å². The van der Waals surface area contributed by atoms with Crippen LogP contribution in [0.2, 0.25) is 0 Å². The smallest absolute Gasteiger partial charge is 0.267 e. The molecular weight excluding hydrogens is 318 g/mol. The van der Waals surface area contributed by atoms with Crippen molar-refractivity contribution in [1.82, 2.24) is 5.06 Å². The number of halogens is 1. The van der Waals surface area contributed by atoms with Crippen molar-refractivity contribution in [3.8, 4) is 0 Å². The largest absolute Gasteiger partial charge is 0.278 e. The molecule has 0 unspecified atom stereocenters. The SMILES string of the molecule is O=C1c2ccccc2CN1OCc1ccc(CBr)cc1. The Morgan fingerprint density at radius 1 is 1.05 bits per heavy atom. The zero-order valence-electron chi connectivity index (χ0n) is 10.9. The van der Waals surface area contributed by atoms with Crippen LogP contribution in [0.15, 0.2) is 48.5 Å². The van der Waals surface area contributed by atoms with Crippen LogP contribution < -0.4 is 0 Å². The average Bonchev–Trinajstić information content (AvgIpc) is 2.83. The van der Waals surface area contributed by atoms with Gasteiger partial charge in [0.15, 0.2) is 0 Å². The number of carbonyl (C=O) groups is 1. The Morgan fingerprint density at radius 2 is 1.75 bits per heavy atom. The highest BCUT2D eigenvalue weighted by Crippen LogP contribution is 2.23. The summed E-state index contributed by atoms with van der Waals surface area (Å²) < 4.78 is 0. The van der Waals surface area contributed by atoms with E-state index in [0.29, 0.717) is 13.2 Å². The van der Waals surface area contributed by atoms with E-state index in [1.807, 2.05) is 48.5 Å². The van der Waals surface area contributed by atoms with Crippen molar-refractivity contribution in [2.75, 3.05) is 0 Å². The maximum absolute atomic E-state index is 12.1. The van der Waals surface area contributed by atoms with Gasteiger partial charge in [-0.05, 0) is 22.8 Å². The van der Waals surface area contributed by atoms with E-state index in [2.05, 4.69) is 15.9 Å². The Kier molecular flexibility index (Phi) is 3.85. The molecule has 20 heavy (non-hydrogen) atoms. The quantitative estimate of drug-likeness (QED) is 0.800. The highest BCUT2D eigenvalue weighted by molar-refractivity contribution is 9.08. The number of rotatable bonds is 4. The summed E-state index contributed by atoms with van der Waals surface area (Å²) in [5, 5.41) is 2.27. The lowest BCUT2D eigenvalue weighted by Crippen LogP contribution is -2.24. The van der Waals surface area contributed by atoms with Crippen molar-refractivity contribution >= 4 is 21.8 Å². The van der Waals surface area contributed by atoms with Gasteiger partial charge in [0.25, 0.3) is 5.91 Å². The number of fused-ring (bicyclic) bond motifs is 1. The van der Waals surface area contributed by atoms with Gasteiger partial charge in [0, 0.05) is 10.9 Å². The first-order valence-corrected chi connectivity index (χ1v) is 7.56. The third kappa shape index (κ3) is 2.62. The van der Waals surface area contributed by atoms with Gasteiger partial charge in [-0.25, -0.2) is 5.06 Å². The Morgan fingerprint density at radius 3 is 2.45 bits per heavy atom. The lowest BCUT2D eigenvalue weighted by molar-refractivity contribution is -0.134. The van der Waals surface area contributed by atoms with Crippen LogP contribution in [-0.4, -0.2) is 11.0 Å². The van der Waals surface area contributed by atoms with E-state index in [1.165, 1.54) is 10.6 Å². The minimum absolute atomic E-state index is 0.0577. The molecule has 0 saturated carbocycles. The molecule has 0 spiro atoms. The fourth-order valence-corrected chi connectivity index (χ4v) is 2.58. The van der Waals surface area contributed by atoms with Crippen molar-refractivity contribution in [3.05, 3.63) is 70.8 Å². The summed E-state index contributed by atoms with van der Waals surface area (Å²) in [6.45, 7) is 0.927. The van der Waals surface area contributed by atoms with Crippen LogP contribution >= 0.6 is 15.9 Å². The lowest BCUT2D eigenvalue weighted by Gasteiger charge is -2.15. The van der Waals surface area contributed by atoms with Crippen molar-refractivity contribution in [2.24, 2.45) is 0 Å². The summed E-state index contributed by atoms with van der Waals surface area (Å²) in [6, 6.07) is 15.7. The first-order chi connectivity index (χ1) is 9.78. The second-order valence-electron chi connectivity index (χ2n) is 4.72. The van der Waals surface area contributed by atoms with E-state index in [0.717, 1.165) is 22.0 Å². The van der Waals surface area contributed by atoms with Crippen LogP contribution in [0, 0.1) is 0 Å². The molecule has 0 aliphatic carbocycles. The Labute approximate surface area is 126 Å². The molecule has 3 nitrogen and oxygen atoms in total. The van der Waals surface area contributed by atoms with E-state index in [4.69, 9.17) is 4.84 Å². The van der Waals surface area contributed by atoms with Crippen molar-refractivity contribution in [1.29, 1.82) is 0 Å². The number of amides is 1. The maximum Gasteiger partial charge on any atom is 0.278 e. The molecule has 0 atom stereocenters. The number of hydroxylamine groups is 2. The number of benzene rings is 2. The Hall–Kier alpha value is -1.65. The molecule has 0 N–H and O–H groups in total. The molecule has 2 aromatic carbocycles. The van der Waals surface area contributed by atoms with Gasteiger partial charge >= 0.3 is 0 Å². The zero-order chi connectivity index (χ0) is 13.9. The van der Waals surface area contributed by atoms with Crippen LogP contribution in [0.4, 0.5) is 0 Å². The normalized spacial score (nSPS) is 13.7. The van der Waals surface area contributed by atoms with Crippen LogP contribution in [0.3, 0.4) is 0 Å². The van der Waals surface area contributed by atoms with Gasteiger partial charge in [-0.15, -0.1) is 0 Å². The summed E-state index contributed by atoms with van der Waals surface area (Å²) in [5.74, 6) is -0.0577. The second kappa shape index (κ2) is 5.77. The second-order valence-corrected chi connectivity index (χ2v) is 5.28. The molecule has 1 amide bonds. The van der Waals surface area contributed by atoms with Gasteiger partial charge in [-0.2, -0.15) is 0 Å². The summed E-state index contributed by atoms with van der Waals surface area (Å²) in [6.07, 6.45) is 0. The molecule has 1 heterocycles. The standard InChI is InChI=1S/C16H14BrNO2/c17-9-12-5-7-13(8-6-12)11-20-18-10-14-3-1-2-4-15(14)16(18)19/h1-8H,9-11H2. The first-order valence-electron chi connectivity index (χ1n) is 6.44. The molecule has 3 rings (SSSR count). The van der Waals surface area contributed by atoms with Crippen molar-refractivity contribution in [3.63, 3.8) is 0 Å². The summed E-state index contributed by atoms with van der Waals surface area (Å²) in [7, 11) is 0. The monoisotopic (exact) mass is 331 g/mol. The van der Waals surface area contributed by atoms with Crippen LogP contribution in [0.5, 0.6) is 0 Å². The summed E-state index contributed by atoms with van der Waals surface area (Å²) in [5.41, 5.74) is 4.03. The molecule has 4 heteroatoms.